The minimum atomic E-state index is -4.47. The van der Waals surface area contributed by atoms with Crippen molar-refractivity contribution in [2.24, 2.45) is 0 Å². The summed E-state index contributed by atoms with van der Waals surface area (Å²) < 4.78 is 66.2. The Kier molecular flexibility index (Phi) is 7.90. The number of benzene rings is 2. The Morgan fingerprint density at radius 3 is 2.14 bits per heavy atom. The third-order valence-electron chi connectivity index (χ3n) is 5.98. The zero-order valence-electron chi connectivity index (χ0n) is 19.7. The maximum atomic E-state index is 13.4. The average molecular weight is 512 g/mol. The molecule has 1 N–H and O–H groups in total. The number of nitrogens with zero attached hydrogens (tertiary/aromatic N) is 2. The van der Waals surface area contributed by atoms with Crippen molar-refractivity contribution in [2.75, 3.05) is 19.6 Å². The molecule has 0 radical (unpaired) electrons. The lowest BCUT2D eigenvalue weighted by Crippen LogP contribution is -2.61. The number of hydrogen-bond donors (Lipinski definition) is 1. The van der Waals surface area contributed by atoms with Crippen molar-refractivity contribution < 1.29 is 31.2 Å². The number of sulfonamides is 1. The van der Waals surface area contributed by atoms with E-state index in [-0.39, 0.29) is 42.9 Å². The van der Waals surface area contributed by atoms with Crippen LogP contribution in [0.1, 0.15) is 43.4 Å². The molecule has 0 saturated carbocycles. The highest BCUT2D eigenvalue weighted by Gasteiger charge is 2.40. The van der Waals surface area contributed by atoms with Crippen molar-refractivity contribution in [3.05, 3.63) is 65.2 Å². The van der Waals surface area contributed by atoms with Crippen molar-refractivity contribution in [3.8, 4) is 0 Å². The SMILES string of the molecule is CC(=O)N1CCN(S(=O)(=O)c2ccc(C(C)C)cc2)[C@H](C(=O)NCc2ccc(C(F)(F)F)cc2)C1. The summed E-state index contributed by atoms with van der Waals surface area (Å²) >= 11 is 0. The van der Waals surface area contributed by atoms with Crippen molar-refractivity contribution >= 4 is 21.8 Å². The van der Waals surface area contributed by atoms with Gasteiger partial charge in [0.1, 0.15) is 6.04 Å². The van der Waals surface area contributed by atoms with Crippen LogP contribution in [-0.4, -0.2) is 55.1 Å². The van der Waals surface area contributed by atoms with Gasteiger partial charge in [0.15, 0.2) is 0 Å². The summed E-state index contributed by atoms with van der Waals surface area (Å²) in [7, 11) is -4.04. The maximum absolute atomic E-state index is 13.4. The van der Waals surface area contributed by atoms with E-state index in [1.54, 1.807) is 12.1 Å². The predicted octanol–water partition coefficient (Wildman–Crippen LogP) is 3.37. The molecule has 3 rings (SSSR count). The molecular formula is C24H28F3N3O4S. The van der Waals surface area contributed by atoms with Gasteiger partial charge in [-0.3, -0.25) is 9.59 Å². The lowest BCUT2D eigenvalue weighted by atomic mass is 10.0. The summed E-state index contributed by atoms with van der Waals surface area (Å²) in [4.78, 5) is 26.4. The lowest BCUT2D eigenvalue weighted by molar-refractivity contribution is -0.138. The van der Waals surface area contributed by atoms with Gasteiger partial charge in [-0.15, -0.1) is 0 Å². The number of alkyl halides is 3. The van der Waals surface area contributed by atoms with Crippen LogP contribution in [0.25, 0.3) is 0 Å². The number of rotatable bonds is 6. The fraction of sp³-hybridized carbons (Fsp3) is 0.417. The van der Waals surface area contributed by atoms with Crippen molar-refractivity contribution in [3.63, 3.8) is 0 Å². The van der Waals surface area contributed by atoms with E-state index in [4.69, 9.17) is 0 Å². The van der Waals surface area contributed by atoms with Crippen LogP contribution in [0.5, 0.6) is 0 Å². The van der Waals surface area contributed by atoms with Gasteiger partial charge in [0.25, 0.3) is 0 Å². The molecule has 1 heterocycles. The molecule has 2 aromatic rings. The number of carbonyl (C=O) groups is 2. The van der Waals surface area contributed by atoms with E-state index in [0.29, 0.717) is 5.56 Å². The van der Waals surface area contributed by atoms with E-state index in [9.17, 15) is 31.2 Å². The summed E-state index contributed by atoms with van der Waals surface area (Å²) in [5.41, 5.74) is 0.582. The molecule has 0 spiro atoms. The number of carbonyl (C=O) groups excluding carboxylic acids is 2. The Hall–Kier alpha value is -2.92. The lowest BCUT2D eigenvalue weighted by Gasteiger charge is -2.39. The number of piperazine rings is 1. The van der Waals surface area contributed by atoms with Crippen LogP contribution in [0.4, 0.5) is 13.2 Å². The van der Waals surface area contributed by atoms with E-state index >= 15 is 0 Å². The quantitative estimate of drug-likeness (QED) is 0.645. The van der Waals surface area contributed by atoms with Crippen LogP contribution in [0.15, 0.2) is 53.4 Å². The van der Waals surface area contributed by atoms with Gasteiger partial charge in [-0.05, 0) is 41.3 Å². The molecule has 0 unspecified atom stereocenters. The van der Waals surface area contributed by atoms with E-state index in [2.05, 4.69) is 5.32 Å². The zero-order valence-corrected chi connectivity index (χ0v) is 20.5. The van der Waals surface area contributed by atoms with Crippen molar-refractivity contribution in [1.82, 2.24) is 14.5 Å². The highest BCUT2D eigenvalue weighted by atomic mass is 32.2. The number of halogens is 3. The van der Waals surface area contributed by atoms with E-state index in [1.807, 2.05) is 13.8 Å². The van der Waals surface area contributed by atoms with E-state index < -0.39 is 33.7 Å². The highest BCUT2D eigenvalue weighted by Crippen LogP contribution is 2.29. The van der Waals surface area contributed by atoms with Crippen molar-refractivity contribution in [2.45, 2.75) is 50.3 Å². The van der Waals surface area contributed by atoms with Gasteiger partial charge in [-0.2, -0.15) is 17.5 Å². The molecule has 1 aliphatic rings. The van der Waals surface area contributed by atoms with Crippen LogP contribution < -0.4 is 5.32 Å². The molecule has 0 aliphatic carbocycles. The second-order valence-electron chi connectivity index (χ2n) is 8.73. The standard InChI is InChI=1S/C24H28F3N3O4S/c1-16(2)19-6-10-21(11-7-19)35(33,34)30-13-12-29(17(3)31)15-22(30)23(32)28-14-18-4-8-20(9-5-18)24(25,26)27/h4-11,16,22H,12-15H2,1-3H3,(H,28,32)/t22-/m0/s1. The molecule has 1 saturated heterocycles. The molecule has 1 fully saturated rings. The third kappa shape index (κ3) is 6.21. The Morgan fingerprint density at radius 2 is 1.63 bits per heavy atom. The van der Waals surface area contributed by atoms with Gasteiger partial charge in [0.05, 0.1) is 10.5 Å². The molecule has 7 nitrogen and oxygen atoms in total. The summed E-state index contributed by atoms with van der Waals surface area (Å²) in [6.45, 7) is 5.17. The molecule has 1 aliphatic heterocycles. The molecule has 1 atom stereocenters. The Bertz CT molecular complexity index is 1160. The Balaban J connectivity index is 1.80. The topological polar surface area (TPSA) is 86.8 Å². The predicted molar refractivity (Wildman–Crippen MR) is 124 cm³/mol. The normalized spacial score (nSPS) is 17.5. The largest absolute Gasteiger partial charge is 0.416 e. The summed E-state index contributed by atoms with van der Waals surface area (Å²) in [5, 5.41) is 2.60. The molecule has 0 bridgehead atoms. The molecule has 0 aromatic heterocycles. The van der Waals surface area contributed by atoms with Crippen molar-refractivity contribution in [1.29, 1.82) is 0 Å². The molecule has 2 aromatic carbocycles. The fourth-order valence-corrected chi connectivity index (χ4v) is 5.40. The molecule has 11 heteroatoms. The van der Waals surface area contributed by atoms with Gasteiger partial charge in [0, 0.05) is 33.1 Å². The molecule has 2 amide bonds. The smallest absolute Gasteiger partial charge is 0.351 e. The number of amides is 2. The number of nitrogens with one attached hydrogen (secondary N) is 1. The van der Waals surface area contributed by atoms with Gasteiger partial charge in [-0.25, -0.2) is 8.42 Å². The second kappa shape index (κ2) is 10.4. The average Bonchev–Trinajstić information content (AvgIpc) is 2.81. The monoisotopic (exact) mass is 511 g/mol. The van der Waals surface area contributed by atoms with Crippen LogP contribution in [-0.2, 0) is 32.3 Å². The first-order valence-electron chi connectivity index (χ1n) is 11.1. The zero-order chi connectivity index (χ0) is 26.0. The first-order valence-corrected chi connectivity index (χ1v) is 12.6. The van der Waals surface area contributed by atoms with Crippen LogP contribution in [0.2, 0.25) is 0 Å². The maximum Gasteiger partial charge on any atom is 0.416 e. The fourth-order valence-electron chi connectivity index (χ4n) is 3.83. The summed E-state index contributed by atoms with van der Waals surface area (Å²) in [6, 6.07) is 9.59. The molecule has 35 heavy (non-hydrogen) atoms. The minimum absolute atomic E-state index is 0.0405. The Morgan fingerprint density at radius 1 is 1.03 bits per heavy atom. The second-order valence-corrected chi connectivity index (χ2v) is 10.6. The van der Waals surface area contributed by atoms with E-state index in [0.717, 1.165) is 22.0 Å². The van der Waals surface area contributed by atoms with Gasteiger partial charge >= 0.3 is 6.18 Å². The van der Waals surface area contributed by atoms with Gasteiger partial charge in [-0.1, -0.05) is 38.1 Å². The highest BCUT2D eigenvalue weighted by molar-refractivity contribution is 7.89. The van der Waals surface area contributed by atoms with Gasteiger partial charge < -0.3 is 10.2 Å². The number of hydrogen-bond acceptors (Lipinski definition) is 4. The Labute approximate surface area is 203 Å². The first kappa shape index (κ1) is 26.7. The summed E-state index contributed by atoms with van der Waals surface area (Å²) in [5.74, 6) is -0.711. The summed E-state index contributed by atoms with van der Waals surface area (Å²) in [6.07, 6.45) is -4.47. The van der Waals surface area contributed by atoms with E-state index in [1.165, 1.54) is 36.1 Å². The van der Waals surface area contributed by atoms with Gasteiger partial charge in [0.2, 0.25) is 21.8 Å². The minimum Gasteiger partial charge on any atom is -0.351 e. The molecular weight excluding hydrogens is 483 g/mol. The third-order valence-corrected chi connectivity index (χ3v) is 7.90. The van der Waals surface area contributed by atoms with Crippen LogP contribution in [0.3, 0.4) is 0 Å². The van der Waals surface area contributed by atoms with Crippen LogP contribution in [0, 0.1) is 0 Å². The molecule has 190 valence electrons. The van der Waals surface area contributed by atoms with Crippen LogP contribution >= 0.6 is 0 Å². The first-order chi connectivity index (χ1) is 16.3.